The minimum atomic E-state index is -0.305. The summed E-state index contributed by atoms with van der Waals surface area (Å²) < 4.78 is 13.0. The van der Waals surface area contributed by atoms with Gasteiger partial charge in [-0.25, -0.2) is 9.37 Å². The van der Waals surface area contributed by atoms with Crippen molar-refractivity contribution in [3.8, 4) is 10.6 Å². The quantitative estimate of drug-likeness (QED) is 0.591. The van der Waals surface area contributed by atoms with Crippen molar-refractivity contribution in [2.24, 2.45) is 0 Å². The molecule has 0 bridgehead atoms. The van der Waals surface area contributed by atoms with E-state index < -0.39 is 0 Å². The Bertz CT molecular complexity index is 1020. The number of aromatic nitrogens is 3. The number of hydrogen-bond acceptors (Lipinski definition) is 4. The Hall–Kier alpha value is -3.06. The molecule has 0 unspecified atom stereocenters. The smallest absolute Gasteiger partial charge is 0.275 e. The maximum absolute atomic E-state index is 13.0. The molecule has 0 fully saturated rings. The first-order valence-electron chi connectivity index (χ1n) is 7.15. The zero-order chi connectivity index (χ0) is 16.5. The molecule has 118 valence electrons. The van der Waals surface area contributed by atoms with Crippen molar-refractivity contribution in [3.05, 3.63) is 65.6 Å². The normalized spacial score (nSPS) is 10.9. The van der Waals surface area contributed by atoms with E-state index in [1.807, 2.05) is 12.1 Å². The van der Waals surface area contributed by atoms with Crippen LogP contribution in [0.25, 0.3) is 21.5 Å². The van der Waals surface area contributed by atoms with Crippen LogP contribution in [-0.4, -0.2) is 21.1 Å². The summed E-state index contributed by atoms with van der Waals surface area (Å²) >= 11 is 1.34. The summed E-state index contributed by atoms with van der Waals surface area (Å²) in [6.45, 7) is 0. The van der Waals surface area contributed by atoms with Gasteiger partial charge in [-0.05, 0) is 30.3 Å². The Balaban J connectivity index is 1.59. The zero-order valence-corrected chi connectivity index (χ0v) is 13.1. The number of anilines is 1. The molecule has 7 heteroatoms. The fraction of sp³-hybridized carbons (Fsp3) is 0. The van der Waals surface area contributed by atoms with Crippen LogP contribution in [-0.2, 0) is 0 Å². The second kappa shape index (κ2) is 5.86. The topological polar surface area (TPSA) is 70.7 Å². The Morgan fingerprint density at radius 2 is 2.00 bits per heavy atom. The predicted octanol–water partition coefficient (Wildman–Crippen LogP) is 4.08. The Morgan fingerprint density at radius 3 is 2.83 bits per heavy atom. The monoisotopic (exact) mass is 338 g/mol. The van der Waals surface area contributed by atoms with Crippen LogP contribution >= 0.6 is 11.3 Å². The fourth-order valence-electron chi connectivity index (χ4n) is 2.36. The molecule has 2 aromatic carbocycles. The molecular formula is C17H11FN4OS. The van der Waals surface area contributed by atoms with Gasteiger partial charge >= 0.3 is 0 Å². The Morgan fingerprint density at radius 1 is 1.17 bits per heavy atom. The molecular weight excluding hydrogens is 327 g/mol. The molecule has 4 rings (SSSR count). The summed E-state index contributed by atoms with van der Waals surface area (Å²) in [7, 11) is 0. The van der Waals surface area contributed by atoms with Crippen LogP contribution in [0.15, 0.2) is 54.0 Å². The van der Waals surface area contributed by atoms with E-state index in [1.54, 1.807) is 29.8 Å². The second-order valence-electron chi connectivity index (χ2n) is 5.14. The van der Waals surface area contributed by atoms with Crippen LogP contribution < -0.4 is 5.32 Å². The highest BCUT2D eigenvalue weighted by Crippen LogP contribution is 2.25. The summed E-state index contributed by atoms with van der Waals surface area (Å²) in [5, 5.41) is 12.9. The molecule has 5 nitrogen and oxygen atoms in total. The SMILES string of the molecule is O=C(Nc1cccc2cn[nH]c12)c1csc(-c2ccc(F)cc2)n1. The van der Waals surface area contributed by atoms with Crippen molar-refractivity contribution in [1.29, 1.82) is 0 Å². The number of amides is 1. The number of rotatable bonds is 3. The lowest BCUT2D eigenvalue weighted by Crippen LogP contribution is -2.12. The number of halogens is 1. The molecule has 2 aromatic heterocycles. The fourth-order valence-corrected chi connectivity index (χ4v) is 3.17. The molecule has 24 heavy (non-hydrogen) atoms. The van der Waals surface area contributed by atoms with Gasteiger partial charge < -0.3 is 5.32 Å². The molecule has 2 heterocycles. The van der Waals surface area contributed by atoms with E-state index in [2.05, 4.69) is 20.5 Å². The van der Waals surface area contributed by atoms with Gasteiger partial charge in [0.2, 0.25) is 0 Å². The molecule has 0 saturated heterocycles. The van der Waals surface area contributed by atoms with Gasteiger partial charge in [-0.15, -0.1) is 11.3 Å². The standard InChI is InChI=1S/C17H11FN4OS/c18-12-6-4-10(5-7-12)17-21-14(9-24-17)16(23)20-13-3-1-2-11-8-19-22-15(11)13/h1-9H,(H,19,22)(H,20,23). The summed E-state index contributed by atoms with van der Waals surface area (Å²) in [4.78, 5) is 16.7. The Labute approximate surface area is 140 Å². The summed E-state index contributed by atoms with van der Waals surface area (Å²) in [6, 6.07) is 11.6. The zero-order valence-electron chi connectivity index (χ0n) is 12.3. The van der Waals surface area contributed by atoms with Crippen molar-refractivity contribution in [1.82, 2.24) is 15.2 Å². The predicted molar refractivity (Wildman–Crippen MR) is 91.6 cm³/mol. The van der Waals surface area contributed by atoms with E-state index in [-0.39, 0.29) is 11.7 Å². The lowest BCUT2D eigenvalue weighted by atomic mass is 10.2. The van der Waals surface area contributed by atoms with Gasteiger partial charge in [0.1, 0.15) is 16.5 Å². The highest BCUT2D eigenvalue weighted by atomic mass is 32.1. The van der Waals surface area contributed by atoms with Crippen LogP contribution in [0.2, 0.25) is 0 Å². The van der Waals surface area contributed by atoms with Gasteiger partial charge in [-0.3, -0.25) is 9.89 Å². The lowest BCUT2D eigenvalue weighted by molar-refractivity contribution is 0.102. The number of benzene rings is 2. The molecule has 0 aliphatic heterocycles. The maximum Gasteiger partial charge on any atom is 0.275 e. The second-order valence-corrected chi connectivity index (χ2v) is 6.00. The Kier molecular flexibility index (Phi) is 3.55. The number of thiazole rings is 1. The van der Waals surface area contributed by atoms with Crippen molar-refractivity contribution in [2.75, 3.05) is 5.32 Å². The van der Waals surface area contributed by atoms with Gasteiger partial charge in [0.25, 0.3) is 5.91 Å². The van der Waals surface area contributed by atoms with Crippen molar-refractivity contribution < 1.29 is 9.18 Å². The van der Waals surface area contributed by atoms with Gasteiger partial charge in [-0.1, -0.05) is 12.1 Å². The van der Waals surface area contributed by atoms with E-state index >= 15 is 0 Å². The first kappa shape index (κ1) is 14.5. The summed E-state index contributed by atoms with van der Waals surface area (Å²) in [5.41, 5.74) is 2.50. The van der Waals surface area contributed by atoms with Crippen LogP contribution in [0.4, 0.5) is 10.1 Å². The molecule has 2 N–H and O–H groups in total. The molecule has 0 atom stereocenters. The van der Waals surface area contributed by atoms with Crippen LogP contribution in [0.5, 0.6) is 0 Å². The van der Waals surface area contributed by atoms with E-state index in [9.17, 15) is 9.18 Å². The molecule has 0 saturated carbocycles. The number of hydrogen-bond donors (Lipinski definition) is 2. The van der Waals surface area contributed by atoms with Crippen LogP contribution in [0, 0.1) is 5.82 Å². The first-order valence-corrected chi connectivity index (χ1v) is 8.03. The van der Waals surface area contributed by atoms with E-state index in [4.69, 9.17) is 0 Å². The molecule has 0 aliphatic carbocycles. The van der Waals surface area contributed by atoms with E-state index in [1.165, 1.54) is 23.5 Å². The molecule has 1 amide bonds. The molecule has 0 radical (unpaired) electrons. The average molecular weight is 338 g/mol. The minimum absolute atomic E-state index is 0.304. The average Bonchev–Trinajstić information content (AvgIpc) is 3.25. The van der Waals surface area contributed by atoms with Crippen molar-refractivity contribution >= 4 is 33.8 Å². The van der Waals surface area contributed by atoms with Crippen molar-refractivity contribution in [3.63, 3.8) is 0 Å². The third-order valence-electron chi connectivity index (χ3n) is 3.55. The number of H-pyrrole nitrogens is 1. The van der Waals surface area contributed by atoms with E-state index in [0.717, 1.165) is 16.5 Å². The van der Waals surface area contributed by atoms with Crippen LogP contribution in [0.3, 0.4) is 0 Å². The third-order valence-corrected chi connectivity index (χ3v) is 4.44. The van der Waals surface area contributed by atoms with Crippen LogP contribution in [0.1, 0.15) is 10.5 Å². The van der Waals surface area contributed by atoms with E-state index in [0.29, 0.717) is 16.4 Å². The maximum atomic E-state index is 13.0. The van der Waals surface area contributed by atoms with Gasteiger partial charge in [0.15, 0.2) is 0 Å². The van der Waals surface area contributed by atoms with Gasteiger partial charge in [0.05, 0.1) is 17.4 Å². The first-order chi connectivity index (χ1) is 11.7. The molecule has 0 aliphatic rings. The molecule has 4 aromatic rings. The number of fused-ring (bicyclic) bond motifs is 1. The number of nitrogens with one attached hydrogen (secondary N) is 2. The lowest BCUT2D eigenvalue weighted by Gasteiger charge is -2.04. The highest BCUT2D eigenvalue weighted by Gasteiger charge is 2.14. The minimum Gasteiger partial charge on any atom is -0.319 e. The summed E-state index contributed by atoms with van der Waals surface area (Å²) in [5.74, 6) is -0.609. The number of carbonyl (C=O) groups is 1. The number of nitrogens with zero attached hydrogens (tertiary/aromatic N) is 2. The number of carbonyl (C=O) groups excluding carboxylic acids is 1. The summed E-state index contributed by atoms with van der Waals surface area (Å²) in [6.07, 6.45) is 1.69. The number of para-hydroxylation sites is 1. The van der Waals surface area contributed by atoms with Crippen molar-refractivity contribution in [2.45, 2.75) is 0 Å². The number of aromatic amines is 1. The molecule has 0 spiro atoms. The largest absolute Gasteiger partial charge is 0.319 e. The third kappa shape index (κ3) is 2.65. The van der Waals surface area contributed by atoms with Gasteiger partial charge in [-0.2, -0.15) is 5.10 Å². The highest BCUT2D eigenvalue weighted by molar-refractivity contribution is 7.13. The van der Waals surface area contributed by atoms with Gasteiger partial charge in [0, 0.05) is 16.3 Å².